The fraction of sp³-hybridized carbons (Fsp3) is 0.0435. The molecule has 174 valence electrons. The molecule has 0 radical (unpaired) electrons. The normalized spacial score (nSPS) is 11.9. The summed E-state index contributed by atoms with van der Waals surface area (Å²) in [6.45, 7) is 0. The molecule has 2 aromatic carbocycles. The van der Waals surface area contributed by atoms with E-state index in [1.807, 2.05) is 29.6 Å². The lowest BCUT2D eigenvalue weighted by Crippen LogP contribution is -2.11. The molecule has 1 unspecified atom stereocenters. The van der Waals surface area contributed by atoms with Crippen molar-refractivity contribution in [2.24, 2.45) is 0 Å². The second kappa shape index (κ2) is 8.37. The highest BCUT2D eigenvalue weighted by Gasteiger charge is 2.29. The molecule has 0 bridgehead atoms. The largest absolute Gasteiger partial charge is 0.339 e. The highest BCUT2D eigenvalue weighted by Crippen LogP contribution is 2.36. The van der Waals surface area contributed by atoms with Gasteiger partial charge in [0.05, 0.1) is 27.6 Å². The average molecular weight is 506 g/mol. The van der Waals surface area contributed by atoms with Crippen LogP contribution in [0, 0.1) is 0 Å². The molecule has 0 amide bonds. The van der Waals surface area contributed by atoms with E-state index in [9.17, 15) is 8.78 Å². The van der Waals surface area contributed by atoms with Gasteiger partial charge in [0.1, 0.15) is 5.69 Å². The Labute approximate surface area is 203 Å². The van der Waals surface area contributed by atoms with E-state index in [1.165, 1.54) is 26.2 Å². The fourth-order valence-electron chi connectivity index (χ4n) is 3.74. The highest BCUT2D eigenvalue weighted by molar-refractivity contribution is 7.18. The first-order valence-corrected chi connectivity index (χ1v) is 11.9. The number of rotatable bonds is 6. The fourth-order valence-corrected chi connectivity index (χ4v) is 4.73. The molecule has 8 nitrogen and oxygen atoms in total. The molecular formula is C23H17F2N8PS. The van der Waals surface area contributed by atoms with E-state index in [1.54, 1.807) is 41.8 Å². The number of alkyl halides is 2. The predicted octanol–water partition coefficient (Wildman–Crippen LogP) is 6.16. The van der Waals surface area contributed by atoms with Crippen molar-refractivity contribution in [2.45, 2.75) is 5.66 Å². The van der Waals surface area contributed by atoms with Crippen LogP contribution in [0.2, 0.25) is 0 Å². The third-order valence-electron chi connectivity index (χ3n) is 5.36. The van der Waals surface area contributed by atoms with Crippen molar-refractivity contribution >= 4 is 64.8 Å². The molecule has 0 fully saturated rings. The summed E-state index contributed by atoms with van der Waals surface area (Å²) < 4.78 is 29.8. The maximum Gasteiger partial charge on any atom is 0.300 e. The topological polar surface area (TPSA) is 96.3 Å². The summed E-state index contributed by atoms with van der Waals surface area (Å²) in [5.74, 6) is 1.09. The van der Waals surface area contributed by atoms with Crippen LogP contribution in [0.15, 0.2) is 72.4 Å². The van der Waals surface area contributed by atoms with Crippen LogP contribution in [0.4, 0.5) is 31.9 Å². The Hall–Kier alpha value is -3.95. The molecule has 3 N–H and O–H groups in total. The molecule has 6 aromatic rings. The van der Waals surface area contributed by atoms with Crippen molar-refractivity contribution in [2.75, 3.05) is 10.6 Å². The Morgan fingerprint density at radius 1 is 0.971 bits per heavy atom. The molecule has 0 saturated carbocycles. The SMILES string of the molecule is FC(F)(P)c1ccnn1-c1ccc(Nc2nc(Nc3ccc4[nH]ncc4c3)c3sccc3n2)cc1. The number of fused-ring (bicyclic) bond motifs is 2. The Morgan fingerprint density at radius 2 is 1.80 bits per heavy atom. The van der Waals surface area contributed by atoms with Gasteiger partial charge in [-0.3, -0.25) is 5.10 Å². The van der Waals surface area contributed by atoms with Crippen molar-refractivity contribution in [3.05, 3.63) is 78.1 Å². The summed E-state index contributed by atoms with van der Waals surface area (Å²) in [5.41, 5.74) is 0.573. The molecule has 1 atom stereocenters. The quantitative estimate of drug-likeness (QED) is 0.234. The number of hydrogen-bond acceptors (Lipinski definition) is 7. The molecule has 6 rings (SSSR count). The number of H-pyrrole nitrogens is 1. The number of hydrogen-bond donors (Lipinski definition) is 3. The maximum atomic E-state index is 13.8. The Kier molecular flexibility index (Phi) is 5.16. The molecule has 4 aromatic heterocycles. The molecule has 0 aliphatic heterocycles. The van der Waals surface area contributed by atoms with Crippen molar-refractivity contribution < 1.29 is 8.78 Å². The Balaban J connectivity index is 1.28. The summed E-state index contributed by atoms with van der Waals surface area (Å²) in [4.78, 5) is 9.29. The van der Waals surface area contributed by atoms with Crippen LogP contribution in [-0.2, 0) is 5.66 Å². The van der Waals surface area contributed by atoms with Gasteiger partial charge in [-0.1, -0.05) is 9.24 Å². The molecule has 0 aliphatic carbocycles. The van der Waals surface area contributed by atoms with Crippen LogP contribution in [0.1, 0.15) is 5.69 Å². The monoisotopic (exact) mass is 506 g/mol. The van der Waals surface area contributed by atoms with Crippen LogP contribution in [-0.4, -0.2) is 29.9 Å². The zero-order valence-electron chi connectivity index (χ0n) is 17.9. The average Bonchev–Trinajstić information content (AvgIpc) is 3.59. The maximum absolute atomic E-state index is 13.8. The zero-order chi connectivity index (χ0) is 24.0. The molecule has 12 heteroatoms. The van der Waals surface area contributed by atoms with Gasteiger partial charge < -0.3 is 10.6 Å². The second-order valence-electron chi connectivity index (χ2n) is 7.75. The Morgan fingerprint density at radius 3 is 2.63 bits per heavy atom. The van der Waals surface area contributed by atoms with Gasteiger partial charge in [0.2, 0.25) is 5.95 Å². The number of thiophene rings is 1. The van der Waals surface area contributed by atoms with E-state index in [0.29, 0.717) is 23.1 Å². The van der Waals surface area contributed by atoms with Crippen molar-refractivity contribution in [1.82, 2.24) is 29.9 Å². The van der Waals surface area contributed by atoms with E-state index in [4.69, 9.17) is 0 Å². The summed E-state index contributed by atoms with van der Waals surface area (Å²) in [6, 6.07) is 16.1. The van der Waals surface area contributed by atoms with Gasteiger partial charge in [0.25, 0.3) is 5.66 Å². The predicted molar refractivity (Wildman–Crippen MR) is 137 cm³/mol. The summed E-state index contributed by atoms with van der Waals surface area (Å²) in [5, 5.41) is 20.6. The number of nitrogens with zero attached hydrogens (tertiary/aromatic N) is 5. The summed E-state index contributed by atoms with van der Waals surface area (Å²) in [6.07, 6.45) is 3.12. The Bertz CT molecular complexity index is 1650. The lowest BCUT2D eigenvalue weighted by molar-refractivity contribution is 0.0956. The van der Waals surface area contributed by atoms with Gasteiger partial charge in [0.15, 0.2) is 5.82 Å². The van der Waals surface area contributed by atoms with Crippen LogP contribution < -0.4 is 10.6 Å². The zero-order valence-corrected chi connectivity index (χ0v) is 19.9. The number of halogens is 2. The van der Waals surface area contributed by atoms with Gasteiger partial charge in [-0.2, -0.15) is 24.0 Å². The number of benzene rings is 2. The lowest BCUT2D eigenvalue weighted by atomic mass is 10.2. The van der Waals surface area contributed by atoms with E-state index >= 15 is 0 Å². The van der Waals surface area contributed by atoms with Gasteiger partial charge in [-0.05, 0) is 60.0 Å². The minimum atomic E-state index is -3.08. The van der Waals surface area contributed by atoms with E-state index in [2.05, 4.69) is 35.9 Å². The van der Waals surface area contributed by atoms with Crippen molar-refractivity contribution in [3.8, 4) is 5.69 Å². The molecular weight excluding hydrogens is 489 g/mol. The first-order chi connectivity index (χ1) is 16.9. The van der Waals surface area contributed by atoms with Crippen LogP contribution in [0.25, 0.3) is 26.8 Å². The van der Waals surface area contributed by atoms with Crippen LogP contribution in [0.5, 0.6) is 0 Å². The third-order valence-corrected chi connectivity index (χ3v) is 6.56. The molecule has 0 spiro atoms. The first-order valence-electron chi connectivity index (χ1n) is 10.5. The third kappa shape index (κ3) is 4.20. The van der Waals surface area contributed by atoms with Gasteiger partial charge in [0, 0.05) is 23.0 Å². The van der Waals surface area contributed by atoms with E-state index in [-0.39, 0.29) is 5.69 Å². The smallest absolute Gasteiger partial charge is 0.300 e. The number of anilines is 4. The van der Waals surface area contributed by atoms with E-state index in [0.717, 1.165) is 26.8 Å². The number of aromatic amines is 1. The van der Waals surface area contributed by atoms with Crippen molar-refractivity contribution in [1.29, 1.82) is 0 Å². The molecule has 35 heavy (non-hydrogen) atoms. The van der Waals surface area contributed by atoms with Gasteiger partial charge in [-0.15, -0.1) is 11.3 Å². The second-order valence-corrected chi connectivity index (χ2v) is 9.39. The van der Waals surface area contributed by atoms with Gasteiger partial charge in [-0.25, -0.2) is 9.67 Å². The molecule has 4 heterocycles. The van der Waals surface area contributed by atoms with Crippen LogP contribution in [0.3, 0.4) is 0 Å². The standard InChI is InChI=1S/C23H17F2N8PS/c24-23(25,34)19-7-9-27-33(19)16-4-1-14(2-5-16)29-22-30-18-8-10-35-20(18)21(31-22)28-15-3-6-17-13(11-15)12-26-32-17/h1-12H,34H2,(H,26,32)(H2,28,29,30,31). The first kappa shape index (κ1) is 21.6. The minimum Gasteiger partial charge on any atom is -0.339 e. The van der Waals surface area contributed by atoms with Crippen molar-refractivity contribution in [3.63, 3.8) is 0 Å². The van der Waals surface area contributed by atoms with E-state index < -0.39 is 5.66 Å². The molecule has 0 aliphatic rings. The van der Waals surface area contributed by atoms with Gasteiger partial charge >= 0.3 is 0 Å². The number of nitrogens with one attached hydrogen (secondary N) is 3. The lowest BCUT2D eigenvalue weighted by Gasteiger charge is -2.14. The summed E-state index contributed by atoms with van der Waals surface area (Å²) in [7, 11) is 1.54. The molecule has 0 saturated heterocycles. The highest BCUT2D eigenvalue weighted by atomic mass is 32.1. The summed E-state index contributed by atoms with van der Waals surface area (Å²) >= 11 is 1.55. The number of aromatic nitrogens is 6. The minimum absolute atomic E-state index is 0.209. The van der Waals surface area contributed by atoms with Crippen LogP contribution >= 0.6 is 20.6 Å².